The molecule has 0 fully saturated rings. The molecule has 0 unspecified atom stereocenters. The van der Waals surface area contributed by atoms with Crippen LogP contribution in [0.2, 0.25) is 0 Å². The normalized spacial score (nSPS) is 11.8. The molecule has 0 saturated heterocycles. The van der Waals surface area contributed by atoms with E-state index in [1.807, 2.05) is 32.0 Å². The number of amides is 1. The minimum absolute atomic E-state index is 0.0577. The molecular weight excluding hydrogens is 242 g/mol. The first-order valence-electron chi connectivity index (χ1n) is 6.61. The standard InChI is InChI=1S/C15H23NO3/c1-5-11(2)16-15(17)10-9-12-13(18-3)7-6-8-14(12)19-4/h6-8,11H,5,9-10H2,1-4H3,(H,16,17)/t11-/m0/s1. The van der Waals surface area contributed by atoms with Crippen molar-refractivity contribution in [1.82, 2.24) is 5.32 Å². The molecule has 1 aromatic carbocycles. The van der Waals surface area contributed by atoms with Gasteiger partial charge in [0.05, 0.1) is 14.2 Å². The second-order valence-electron chi connectivity index (χ2n) is 4.52. The van der Waals surface area contributed by atoms with Crippen LogP contribution in [0.15, 0.2) is 18.2 Å². The summed E-state index contributed by atoms with van der Waals surface area (Å²) in [5.41, 5.74) is 0.937. The highest BCUT2D eigenvalue weighted by atomic mass is 16.5. The lowest BCUT2D eigenvalue weighted by atomic mass is 10.1. The number of benzene rings is 1. The van der Waals surface area contributed by atoms with Crippen LogP contribution in [0.3, 0.4) is 0 Å². The Morgan fingerprint density at radius 2 is 1.84 bits per heavy atom. The van der Waals surface area contributed by atoms with E-state index in [-0.39, 0.29) is 11.9 Å². The Balaban J connectivity index is 2.68. The molecule has 0 aliphatic carbocycles. The maximum atomic E-state index is 11.8. The summed E-state index contributed by atoms with van der Waals surface area (Å²) >= 11 is 0. The number of carbonyl (C=O) groups is 1. The molecule has 1 aromatic rings. The van der Waals surface area contributed by atoms with Crippen LogP contribution in [0.5, 0.6) is 11.5 Å². The molecule has 1 amide bonds. The zero-order valence-corrected chi connectivity index (χ0v) is 12.2. The minimum Gasteiger partial charge on any atom is -0.496 e. The Morgan fingerprint density at radius 3 is 2.32 bits per heavy atom. The van der Waals surface area contributed by atoms with Gasteiger partial charge in [-0.05, 0) is 31.9 Å². The minimum atomic E-state index is 0.0577. The molecule has 4 heteroatoms. The van der Waals surface area contributed by atoms with Crippen molar-refractivity contribution in [3.63, 3.8) is 0 Å². The maximum Gasteiger partial charge on any atom is 0.220 e. The van der Waals surface area contributed by atoms with Crippen LogP contribution in [-0.4, -0.2) is 26.2 Å². The third kappa shape index (κ3) is 4.47. The van der Waals surface area contributed by atoms with Gasteiger partial charge in [0.15, 0.2) is 0 Å². The molecule has 1 N–H and O–H groups in total. The fourth-order valence-electron chi connectivity index (χ4n) is 1.86. The van der Waals surface area contributed by atoms with Crippen LogP contribution in [0.25, 0.3) is 0 Å². The lowest BCUT2D eigenvalue weighted by molar-refractivity contribution is -0.121. The molecule has 0 bridgehead atoms. The lowest BCUT2D eigenvalue weighted by Crippen LogP contribution is -2.32. The second kappa shape index (κ2) is 7.67. The molecule has 19 heavy (non-hydrogen) atoms. The van der Waals surface area contributed by atoms with Gasteiger partial charge in [-0.2, -0.15) is 0 Å². The number of methoxy groups -OCH3 is 2. The first kappa shape index (κ1) is 15.3. The van der Waals surface area contributed by atoms with Gasteiger partial charge in [-0.25, -0.2) is 0 Å². The average Bonchev–Trinajstić information content (AvgIpc) is 2.44. The summed E-state index contributed by atoms with van der Waals surface area (Å²) < 4.78 is 10.6. The molecule has 0 aliphatic heterocycles. The molecule has 0 radical (unpaired) electrons. The van der Waals surface area contributed by atoms with E-state index in [1.165, 1.54) is 0 Å². The summed E-state index contributed by atoms with van der Waals surface area (Å²) in [7, 11) is 3.25. The average molecular weight is 265 g/mol. The van der Waals surface area contributed by atoms with E-state index in [1.54, 1.807) is 14.2 Å². The van der Waals surface area contributed by atoms with Gasteiger partial charge in [0.1, 0.15) is 11.5 Å². The van der Waals surface area contributed by atoms with Gasteiger partial charge >= 0.3 is 0 Å². The summed E-state index contributed by atoms with van der Waals surface area (Å²) in [6.07, 6.45) is 1.97. The van der Waals surface area contributed by atoms with Crippen molar-refractivity contribution in [2.45, 2.75) is 39.2 Å². The maximum absolute atomic E-state index is 11.8. The van der Waals surface area contributed by atoms with Crippen LogP contribution in [0.4, 0.5) is 0 Å². The zero-order chi connectivity index (χ0) is 14.3. The van der Waals surface area contributed by atoms with Crippen molar-refractivity contribution < 1.29 is 14.3 Å². The summed E-state index contributed by atoms with van der Waals surface area (Å²) in [5.74, 6) is 1.58. The Kier molecular flexibility index (Phi) is 6.19. The lowest BCUT2D eigenvalue weighted by Gasteiger charge is -2.14. The molecular formula is C15H23NO3. The summed E-state index contributed by atoms with van der Waals surface area (Å²) in [5, 5.41) is 2.95. The SMILES string of the molecule is CC[C@H](C)NC(=O)CCc1c(OC)cccc1OC. The zero-order valence-electron chi connectivity index (χ0n) is 12.2. The molecule has 0 aromatic heterocycles. The number of rotatable bonds is 7. The molecule has 0 heterocycles. The van der Waals surface area contributed by atoms with Gasteiger partial charge in [0.2, 0.25) is 5.91 Å². The molecule has 4 nitrogen and oxygen atoms in total. The van der Waals surface area contributed by atoms with Gasteiger partial charge in [-0.3, -0.25) is 4.79 Å². The van der Waals surface area contributed by atoms with E-state index in [4.69, 9.17) is 9.47 Å². The largest absolute Gasteiger partial charge is 0.496 e. The van der Waals surface area contributed by atoms with E-state index in [2.05, 4.69) is 5.32 Å². The molecule has 1 atom stereocenters. The van der Waals surface area contributed by atoms with Gasteiger partial charge in [0.25, 0.3) is 0 Å². The Bertz CT molecular complexity index is 396. The number of nitrogens with one attached hydrogen (secondary N) is 1. The van der Waals surface area contributed by atoms with E-state index in [0.717, 1.165) is 23.5 Å². The van der Waals surface area contributed by atoms with Gasteiger partial charge in [-0.1, -0.05) is 13.0 Å². The predicted octanol–water partition coefficient (Wildman–Crippen LogP) is 2.55. The fourth-order valence-corrected chi connectivity index (χ4v) is 1.86. The van der Waals surface area contributed by atoms with Crippen molar-refractivity contribution in [3.05, 3.63) is 23.8 Å². The quantitative estimate of drug-likeness (QED) is 0.824. The van der Waals surface area contributed by atoms with Crippen molar-refractivity contribution in [2.24, 2.45) is 0 Å². The fraction of sp³-hybridized carbons (Fsp3) is 0.533. The first-order valence-corrected chi connectivity index (χ1v) is 6.61. The van der Waals surface area contributed by atoms with E-state index in [0.29, 0.717) is 12.8 Å². The van der Waals surface area contributed by atoms with Crippen molar-refractivity contribution in [1.29, 1.82) is 0 Å². The van der Waals surface area contributed by atoms with Crippen LogP contribution in [0.1, 0.15) is 32.3 Å². The monoisotopic (exact) mass is 265 g/mol. The molecule has 0 saturated carbocycles. The molecule has 0 aliphatic rings. The van der Waals surface area contributed by atoms with Crippen LogP contribution in [0, 0.1) is 0 Å². The predicted molar refractivity (Wildman–Crippen MR) is 75.8 cm³/mol. The summed E-state index contributed by atoms with van der Waals surface area (Å²) in [4.78, 5) is 11.8. The van der Waals surface area contributed by atoms with Crippen molar-refractivity contribution in [2.75, 3.05) is 14.2 Å². The highest BCUT2D eigenvalue weighted by Gasteiger charge is 2.12. The second-order valence-corrected chi connectivity index (χ2v) is 4.52. The van der Waals surface area contributed by atoms with Crippen molar-refractivity contribution >= 4 is 5.91 Å². The van der Waals surface area contributed by atoms with Gasteiger partial charge in [0, 0.05) is 18.0 Å². The van der Waals surface area contributed by atoms with Gasteiger partial charge < -0.3 is 14.8 Å². The molecule has 1 rings (SSSR count). The van der Waals surface area contributed by atoms with E-state index in [9.17, 15) is 4.79 Å². The van der Waals surface area contributed by atoms with Crippen LogP contribution >= 0.6 is 0 Å². The number of ether oxygens (including phenoxy) is 2. The third-order valence-electron chi connectivity index (χ3n) is 3.15. The van der Waals surface area contributed by atoms with Crippen molar-refractivity contribution in [3.8, 4) is 11.5 Å². The topological polar surface area (TPSA) is 47.6 Å². The summed E-state index contributed by atoms with van der Waals surface area (Å²) in [6, 6.07) is 5.85. The molecule has 0 spiro atoms. The smallest absolute Gasteiger partial charge is 0.220 e. The van der Waals surface area contributed by atoms with E-state index >= 15 is 0 Å². The Labute approximate surface area is 115 Å². The number of carbonyl (C=O) groups excluding carboxylic acids is 1. The highest BCUT2D eigenvalue weighted by molar-refractivity contribution is 5.76. The Morgan fingerprint density at radius 1 is 1.26 bits per heavy atom. The number of hydrogen-bond acceptors (Lipinski definition) is 3. The van der Waals surface area contributed by atoms with Crippen LogP contribution in [-0.2, 0) is 11.2 Å². The first-order chi connectivity index (χ1) is 9.12. The Hall–Kier alpha value is -1.71. The highest BCUT2D eigenvalue weighted by Crippen LogP contribution is 2.29. The summed E-state index contributed by atoms with van der Waals surface area (Å²) in [6.45, 7) is 4.05. The van der Waals surface area contributed by atoms with E-state index < -0.39 is 0 Å². The molecule has 106 valence electrons. The number of hydrogen-bond donors (Lipinski definition) is 1. The van der Waals surface area contributed by atoms with Gasteiger partial charge in [-0.15, -0.1) is 0 Å². The van der Waals surface area contributed by atoms with Crippen LogP contribution < -0.4 is 14.8 Å². The third-order valence-corrected chi connectivity index (χ3v) is 3.15.